The lowest BCUT2D eigenvalue weighted by Gasteiger charge is -2.41. The first-order valence-electron chi connectivity index (χ1n) is 12.2. The monoisotopic (exact) mass is 495 g/mol. The van der Waals surface area contributed by atoms with E-state index in [0.717, 1.165) is 49.8 Å². The van der Waals surface area contributed by atoms with Crippen molar-refractivity contribution in [3.63, 3.8) is 0 Å². The van der Waals surface area contributed by atoms with Crippen LogP contribution < -0.4 is 16.0 Å². The molecule has 3 N–H and O–H groups in total. The summed E-state index contributed by atoms with van der Waals surface area (Å²) in [6, 6.07) is 2.59. The number of hydrogen-bond acceptors (Lipinski definition) is 6. The number of primary amides is 1. The number of nitrogens with two attached hydrogens (primary N) is 1. The molecule has 3 aromatic rings. The fourth-order valence-electron chi connectivity index (χ4n) is 5.09. The first-order valence-corrected chi connectivity index (χ1v) is 12.6. The van der Waals surface area contributed by atoms with Gasteiger partial charge in [0.05, 0.1) is 39.9 Å². The number of pyridine rings is 1. The fourth-order valence-corrected chi connectivity index (χ4v) is 5.23. The summed E-state index contributed by atoms with van der Waals surface area (Å²) in [4.78, 5) is 36.1. The standard InChI is InChI=1S/C25H30ClN7O2/c1-14(2)33(18-7-3-15(4-8-18)25(35)31-17-5-6-17)22-9-21(28-11-20(22)23(27)34)19-12-30-32-13-16(26)10-29-24(19)32/h9-15,17-18H,3-8H2,1-2H3,(H2,27,34)(H,31,35). The van der Waals surface area contributed by atoms with Gasteiger partial charge in [0.2, 0.25) is 5.91 Å². The summed E-state index contributed by atoms with van der Waals surface area (Å²) in [5.41, 5.74) is 8.91. The molecular formula is C25H30ClN7O2. The fraction of sp³-hybridized carbons (Fsp3) is 0.480. The molecule has 3 heterocycles. The second-order valence-corrected chi connectivity index (χ2v) is 10.3. The third kappa shape index (κ3) is 4.82. The van der Waals surface area contributed by atoms with E-state index in [0.29, 0.717) is 28.0 Å². The summed E-state index contributed by atoms with van der Waals surface area (Å²) >= 11 is 6.05. The van der Waals surface area contributed by atoms with Gasteiger partial charge in [-0.25, -0.2) is 9.50 Å². The Bertz CT molecular complexity index is 1260. The number of fused-ring (bicyclic) bond motifs is 1. The minimum atomic E-state index is -0.521. The molecule has 0 saturated heterocycles. The quantitative estimate of drug-likeness (QED) is 0.517. The zero-order valence-electron chi connectivity index (χ0n) is 19.9. The molecule has 184 valence electrons. The van der Waals surface area contributed by atoms with Gasteiger partial charge in [0, 0.05) is 36.4 Å². The molecule has 0 bridgehead atoms. The van der Waals surface area contributed by atoms with Crippen LogP contribution in [-0.4, -0.2) is 49.5 Å². The van der Waals surface area contributed by atoms with E-state index in [2.05, 4.69) is 39.1 Å². The molecule has 0 spiro atoms. The maximum absolute atomic E-state index is 12.6. The van der Waals surface area contributed by atoms with Gasteiger partial charge in [0.1, 0.15) is 0 Å². The van der Waals surface area contributed by atoms with Crippen molar-refractivity contribution in [3.8, 4) is 11.3 Å². The van der Waals surface area contributed by atoms with Crippen molar-refractivity contribution in [3.05, 3.63) is 41.4 Å². The van der Waals surface area contributed by atoms with Crippen LogP contribution in [0.15, 0.2) is 30.9 Å². The predicted molar refractivity (Wildman–Crippen MR) is 134 cm³/mol. The van der Waals surface area contributed by atoms with E-state index in [1.54, 1.807) is 23.1 Å². The third-order valence-corrected chi connectivity index (χ3v) is 7.16. The lowest BCUT2D eigenvalue weighted by Crippen LogP contribution is -2.45. The number of aromatic nitrogens is 4. The molecule has 0 aliphatic heterocycles. The molecule has 2 fully saturated rings. The molecule has 0 aromatic carbocycles. The summed E-state index contributed by atoms with van der Waals surface area (Å²) in [6.45, 7) is 4.21. The molecule has 2 amide bonds. The van der Waals surface area contributed by atoms with Crippen LogP contribution in [0, 0.1) is 5.92 Å². The minimum absolute atomic E-state index is 0.0566. The van der Waals surface area contributed by atoms with Crippen LogP contribution in [0.1, 0.15) is 62.7 Å². The van der Waals surface area contributed by atoms with Crippen molar-refractivity contribution in [2.45, 2.75) is 70.5 Å². The van der Waals surface area contributed by atoms with Gasteiger partial charge >= 0.3 is 0 Å². The lowest BCUT2D eigenvalue weighted by atomic mass is 9.84. The maximum Gasteiger partial charge on any atom is 0.252 e. The SMILES string of the molecule is CC(C)N(c1cc(-c2cnn3cc(Cl)cnc23)ncc1C(N)=O)C1CCC(C(=O)NC2CC2)CC1. The second kappa shape index (κ2) is 9.45. The molecule has 2 aliphatic rings. The van der Waals surface area contributed by atoms with E-state index in [9.17, 15) is 9.59 Å². The number of nitrogens with one attached hydrogen (secondary N) is 1. The molecule has 5 rings (SSSR count). The maximum atomic E-state index is 12.6. The van der Waals surface area contributed by atoms with Crippen molar-refractivity contribution < 1.29 is 9.59 Å². The average molecular weight is 496 g/mol. The summed E-state index contributed by atoms with van der Waals surface area (Å²) in [5.74, 6) is -0.278. The van der Waals surface area contributed by atoms with Crippen molar-refractivity contribution in [1.82, 2.24) is 24.9 Å². The zero-order chi connectivity index (χ0) is 24.7. The van der Waals surface area contributed by atoms with Crippen LogP contribution in [0.5, 0.6) is 0 Å². The van der Waals surface area contributed by atoms with Crippen LogP contribution in [0.2, 0.25) is 5.02 Å². The summed E-state index contributed by atoms with van der Waals surface area (Å²) in [5, 5.41) is 7.98. The van der Waals surface area contributed by atoms with Gasteiger partial charge in [-0.1, -0.05) is 11.6 Å². The van der Waals surface area contributed by atoms with E-state index in [1.807, 2.05) is 6.07 Å². The van der Waals surface area contributed by atoms with Crippen molar-refractivity contribution in [2.24, 2.45) is 11.7 Å². The number of carbonyl (C=O) groups is 2. The number of rotatable bonds is 7. The van der Waals surface area contributed by atoms with Crippen molar-refractivity contribution >= 4 is 34.7 Å². The molecule has 3 aromatic heterocycles. The van der Waals surface area contributed by atoms with Crippen LogP contribution >= 0.6 is 11.6 Å². The first kappa shape index (κ1) is 23.5. The van der Waals surface area contributed by atoms with Crippen LogP contribution in [0.4, 0.5) is 5.69 Å². The Labute approximate surface area is 209 Å². The van der Waals surface area contributed by atoms with Gasteiger partial charge < -0.3 is 16.0 Å². The van der Waals surface area contributed by atoms with Crippen molar-refractivity contribution in [1.29, 1.82) is 0 Å². The summed E-state index contributed by atoms with van der Waals surface area (Å²) in [7, 11) is 0. The van der Waals surface area contributed by atoms with E-state index in [-0.39, 0.29) is 23.9 Å². The van der Waals surface area contributed by atoms with E-state index >= 15 is 0 Å². The Balaban J connectivity index is 1.45. The molecule has 10 heteroatoms. The highest BCUT2D eigenvalue weighted by atomic mass is 35.5. The number of carbonyl (C=O) groups excluding carboxylic acids is 2. The van der Waals surface area contributed by atoms with Gasteiger partial charge in [-0.2, -0.15) is 5.10 Å². The Morgan fingerprint density at radius 2 is 1.86 bits per heavy atom. The molecule has 2 saturated carbocycles. The minimum Gasteiger partial charge on any atom is -0.365 e. The number of nitrogens with zero attached hydrogens (tertiary/aromatic N) is 5. The highest BCUT2D eigenvalue weighted by Crippen LogP contribution is 2.36. The van der Waals surface area contributed by atoms with Crippen molar-refractivity contribution in [2.75, 3.05) is 4.90 Å². The summed E-state index contributed by atoms with van der Waals surface area (Å²) < 4.78 is 1.61. The highest BCUT2D eigenvalue weighted by Gasteiger charge is 2.34. The van der Waals surface area contributed by atoms with Crippen LogP contribution in [0.3, 0.4) is 0 Å². The van der Waals surface area contributed by atoms with Crippen LogP contribution in [0.25, 0.3) is 16.9 Å². The lowest BCUT2D eigenvalue weighted by molar-refractivity contribution is -0.126. The molecule has 35 heavy (non-hydrogen) atoms. The third-order valence-electron chi connectivity index (χ3n) is 6.97. The van der Waals surface area contributed by atoms with Gasteiger partial charge in [0.25, 0.3) is 5.91 Å². The number of anilines is 1. The van der Waals surface area contributed by atoms with Gasteiger partial charge in [-0.05, 0) is 58.4 Å². The van der Waals surface area contributed by atoms with Gasteiger partial charge in [0.15, 0.2) is 5.65 Å². The van der Waals surface area contributed by atoms with E-state index in [1.165, 1.54) is 6.20 Å². The molecule has 0 unspecified atom stereocenters. The molecule has 0 atom stereocenters. The Hall–Kier alpha value is -3.20. The smallest absolute Gasteiger partial charge is 0.252 e. The average Bonchev–Trinajstić information content (AvgIpc) is 3.55. The Morgan fingerprint density at radius 1 is 1.11 bits per heavy atom. The van der Waals surface area contributed by atoms with Crippen LogP contribution in [-0.2, 0) is 4.79 Å². The molecular weight excluding hydrogens is 466 g/mol. The Morgan fingerprint density at radius 3 is 2.51 bits per heavy atom. The first-order chi connectivity index (χ1) is 16.8. The number of halogens is 1. The van der Waals surface area contributed by atoms with E-state index in [4.69, 9.17) is 17.3 Å². The topological polar surface area (TPSA) is 119 Å². The second-order valence-electron chi connectivity index (χ2n) is 9.84. The number of amides is 2. The molecule has 2 aliphatic carbocycles. The normalized spacial score (nSPS) is 20.2. The number of hydrogen-bond donors (Lipinski definition) is 2. The zero-order valence-corrected chi connectivity index (χ0v) is 20.7. The molecule has 0 radical (unpaired) electrons. The van der Waals surface area contributed by atoms with Gasteiger partial charge in [-0.15, -0.1) is 0 Å². The summed E-state index contributed by atoms with van der Waals surface area (Å²) in [6.07, 6.45) is 12.1. The molecule has 9 nitrogen and oxygen atoms in total. The highest BCUT2D eigenvalue weighted by molar-refractivity contribution is 6.30. The largest absolute Gasteiger partial charge is 0.365 e. The Kier molecular flexibility index (Phi) is 6.35. The van der Waals surface area contributed by atoms with E-state index < -0.39 is 5.91 Å². The van der Waals surface area contributed by atoms with Gasteiger partial charge in [-0.3, -0.25) is 14.6 Å². The predicted octanol–water partition coefficient (Wildman–Crippen LogP) is 3.60.